The third-order valence-electron chi connectivity index (χ3n) is 6.71. The summed E-state index contributed by atoms with van der Waals surface area (Å²) in [5.74, 6) is 2.09. The van der Waals surface area contributed by atoms with Crippen LogP contribution >= 0.6 is 11.8 Å². The van der Waals surface area contributed by atoms with Crippen molar-refractivity contribution in [3.8, 4) is 0 Å². The molecule has 188 valence electrons. The lowest BCUT2D eigenvalue weighted by Gasteiger charge is -2.37. The average molecular weight is 506 g/mol. The molecule has 0 spiro atoms. The van der Waals surface area contributed by atoms with E-state index in [1.165, 1.54) is 18.9 Å². The summed E-state index contributed by atoms with van der Waals surface area (Å²) in [5.41, 5.74) is 3.44. The Morgan fingerprint density at radius 2 is 1.81 bits per heavy atom. The Bertz CT molecular complexity index is 1210. The van der Waals surface area contributed by atoms with Crippen molar-refractivity contribution in [2.24, 2.45) is 5.92 Å². The van der Waals surface area contributed by atoms with Gasteiger partial charge < -0.3 is 15.1 Å². The van der Waals surface area contributed by atoms with Crippen LogP contribution in [0.25, 0.3) is 0 Å². The summed E-state index contributed by atoms with van der Waals surface area (Å²) in [7, 11) is 0. The number of amides is 1. The van der Waals surface area contributed by atoms with E-state index in [4.69, 9.17) is 9.97 Å². The van der Waals surface area contributed by atoms with Gasteiger partial charge in [0.15, 0.2) is 5.16 Å². The molecule has 1 N–H and O–H groups in total. The maximum atomic E-state index is 14.2. The number of carbonyl (C=O) groups excluding carboxylic acids is 1. The fourth-order valence-corrected chi connectivity index (χ4v) is 5.18. The Morgan fingerprint density at radius 3 is 2.56 bits per heavy atom. The molecule has 1 aliphatic carbocycles. The predicted molar refractivity (Wildman–Crippen MR) is 143 cm³/mol. The number of thioether (sulfide) groups is 1. The van der Waals surface area contributed by atoms with Crippen molar-refractivity contribution in [2.75, 3.05) is 42.5 Å². The van der Waals surface area contributed by atoms with Gasteiger partial charge in [-0.1, -0.05) is 43.0 Å². The predicted octanol–water partition coefficient (Wildman–Crippen LogP) is 4.94. The van der Waals surface area contributed by atoms with Crippen LogP contribution in [-0.2, 0) is 12.2 Å². The number of nitrogens with one attached hydrogen (secondary N) is 1. The van der Waals surface area contributed by atoms with Gasteiger partial charge in [-0.05, 0) is 55.0 Å². The van der Waals surface area contributed by atoms with Gasteiger partial charge in [-0.25, -0.2) is 14.4 Å². The van der Waals surface area contributed by atoms with Gasteiger partial charge >= 0.3 is 0 Å². The molecule has 1 aromatic heterocycles. The normalized spacial score (nSPS) is 15.7. The Morgan fingerprint density at radius 1 is 1.03 bits per heavy atom. The first-order chi connectivity index (χ1) is 17.6. The highest BCUT2D eigenvalue weighted by Crippen LogP contribution is 2.28. The highest BCUT2D eigenvalue weighted by molar-refractivity contribution is 7.98. The molecule has 1 saturated carbocycles. The molecule has 1 saturated heterocycles. The van der Waals surface area contributed by atoms with Crippen molar-refractivity contribution >= 4 is 29.2 Å². The van der Waals surface area contributed by atoms with E-state index in [2.05, 4.69) is 28.1 Å². The van der Waals surface area contributed by atoms with Crippen molar-refractivity contribution in [3.63, 3.8) is 0 Å². The summed E-state index contributed by atoms with van der Waals surface area (Å²) < 4.78 is 14.2. The lowest BCUT2D eigenvalue weighted by molar-refractivity contribution is 0.0951. The van der Waals surface area contributed by atoms with E-state index >= 15 is 0 Å². The van der Waals surface area contributed by atoms with E-state index in [0.29, 0.717) is 22.9 Å². The maximum absolute atomic E-state index is 14.2. The molecule has 3 aromatic rings. The number of piperazine rings is 1. The zero-order valence-corrected chi connectivity index (χ0v) is 21.4. The summed E-state index contributed by atoms with van der Waals surface area (Å²) in [6, 6.07) is 16.8. The molecule has 36 heavy (non-hydrogen) atoms. The number of hydrogen-bond donors (Lipinski definition) is 1. The molecule has 8 heteroatoms. The van der Waals surface area contributed by atoms with Crippen molar-refractivity contribution in [3.05, 3.63) is 77.2 Å². The quantitative estimate of drug-likeness (QED) is 0.329. The third-order valence-corrected chi connectivity index (χ3v) is 7.63. The van der Waals surface area contributed by atoms with Gasteiger partial charge in [0.2, 0.25) is 0 Å². The second-order valence-corrected chi connectivity index (χ2v) is 10.4. The van der Waals surface area contributed by atoms with Gasteiger partial charge in [0.05, 0.1) is 5.69 Å². The number of halogens is 1. The second-order valence-electron chi connectivity index (χ2n) is 9.42. The van der Waals surface area contributed by atoms with Crippen LogP contribution in [0.2, 0.25) is 0 Å². The Hall–Kier alpha value is -3.13. The summed E-state index contributed by atoms with van der Waals surface area (Å²) in [4.78, 5) is 26.4. The number of rotatable bonds is 9. The third kappa shape index (κ3) is 6.16. The van der Waals surface area contributed by atoms with Crippen LogP contribution in [0.3, 0.4) is 0 Å². The first-order valence-corrected chi connectivity index (χ1v) is 13.7. The van der Waals surface area contributed by atoms with Gasteiger partial charge in [0.1, 0.15) is 11.6 Å². The number of para-hydroxylation sites is 1. The Labute approximate surface area is 216 Å². The van der Waals surface area contributed by atoms with E-state index in [9.17, 15) is 9.18 Å². The first-order valence-electron chi connectivity index (χ1n) is 12.7. The number of hydrogen-bond acceptors (Lipinski definition) is 6. The molecule has 1 amide bonds. The number of benzene rings is 2. The fourth-order valence-electron chi connectivity index (χ4n) is 4.36. The van der Waals surface area contributed by atoms with Gasteiger partial charge in [0.25, 0.3) is 5.91 Å². The van der Waals surface area contributed by atoms with E-state index in [1.807, 2.05) is 36.4 Å². The van der Waals surface area contributed by atoms with Gasteiger partial charge in [0, 0.05) is 55.8 Å². The molecule has 2 aromatic carbocycles. The molecule has 6 nitrogen and oxygen atoms in total. The monoisotopic (exact) mass is 505 g/mol. The number of aromatic nitrogens is 2. The van der Waals surface area contributed by atoms with Crippen LogP contribution in [0, 0.1) is 11.7 Å². The summed E-state index contributed by atoms with van der Waals surface area (Å²) >= 11 is 1.59. The molecular formula is C28H32FN5OS. The van der Waals surface area contributed by atoms with Crippen LogP contribution in [0.15, 0.2) is 59.8 Å². The van der Waals surface area contributed by atoms with Crippen molar-refractivity contribution in [1.82, 2.24) is 15.3 Å². The topological polar surface area (TPSA) is 61.4 Å². The minimum absolute atomic E-state index is 0.00482. The number of anilines is 2. The van der Waals surface area contributed by atoms with Gasteiger partial charge in [-0.2, -0.15) is 0 Å². The van der Waals surface area contributed by atoms with Crippen molar-refractivity contribution in [1.29, 1.82) is 0 Å². The second kappa shape index (κ2) is 11.3. The molecule has 5 rings (SSSR count). The molecule has 0 radical (unpaired) electrons. The molecular weight excluding hydrogens is 473 g/mol. The molecule has 1 aliphatic heterocycles. The van der Waals surface area contributed by atoms with Crippen LogP contribution in [0.5, 0.6) is 0 Å². The van der Waals surface area contributed by atoms with E-state index in [-0.39, 0.29) is 11.7 Å². The number of carbonyl (C=O) groups is 1. The zero-order valence-electron chi connectivity index (χ0n) is 20.6. The van der Waals surface area contributed by atoms with Crippen LogP contribution in [0.1, 0.15) is 41.4 Å². The minimum atomic E-state index is -0.176. The van der Waals surface area contributed by atoms with Crippen LogP contribution in [0.4, 0.5) is 15.9 Å². The molecule has 0 unspecified atom stereocenters. The lowest BCUT2D eigenvalue weighted by Crippen LogP contribution is -2.47. The first kappa shape index (κ1) is 24.6. The Kier molecular flexibility index (Phi) is 7.70. The molecule has 0 bridgehead atoms. The van der Waals surface area contributed by atoms with Gasteiger partial charge in [-0.15, -0.1) is 0 Å². The maximum Gasteiger partial charge on any atom is 0.251 e. The Balaban J connectivity index is 1.22. The van der Waals surface area contributed by atoms with Crippen molar-refractivity contribution in [2.45, 2.75) is 37.1 Å². The van der Waals surface area contributed by atoms with E-state index in [1.54, 1.807) is 17.8 Å². The molecule has 0 atom stereocenters. The molecule has 2 fully saturated rings. The summed E-state index contributed by atoms with van der Waals surface area (Å²) in [6.45, 7) is 5.90. The highest BCUT2D eigenvalue weighted by atomic mass is 32.2. The average Bonchev–Trinajstić information content (AvgIpc) is 3.76. The van der Waals surface area contributed by atoms with Crippen LogP contribution < -0.4 is 15.1 Å². The molecule has 2 heterocycles. The molecule has 2 aliphatic rings. The van der Waals surface area contributed by atoms with E-state index < -0.39 is 0 Å². The number of aryl methyl sites for hydroxylation is 1. The van der Waals surface area contributed by atoms with Crippen molar-refractivity contribution < 1.29 is 9.18 Å². The zero-order chi connectivity index (χ0) is 24.9. The smallest absolute Gasteiger partial charge is 0.251 e. The SMILES string of the molecule is CCc1cc(N2CCN(c3ccccc3F)CC2)nc(SCc2cccc(C(=O)NCC3CC3)c2)n1. The number of nitrogens with zero attached hydrogens (tertiary/aromatic N) is 4. The standard InChI is InChI=1S/C28H32FN5OS/c1-2-23-17-26(34-14-12-33(13-15-34)25-9-4-3-8-24(25)29)32-28(31-23)36-19-21-6-5-7-22(16-21)27(35)30-18-20-10-11-20/h3-9,16-17,20H,2,10-15,18-19H2,1H3,(H,30,35). The largest absolute Gasteiger partial charge is 0.366 e. The summed E-state index contributed by atoms with van der Waals surface area (Å²) in [6.07, 6.45) is 3.27. The lowest BCUT2D eigenvalue weighted by atomic mass is 10.1. The van der Waals surface area contributed by atoms with Crippen LogP contribution in [-0.4, -0.2) is 48.6 Å². The van der Waals surface area contributed by atoms with Gasteiger partial charge in [-0.3, -0.25) is 4.79 Å². The summed E-state index contributed by atoms with van der Waals surface area (Å²) in [5, 5.41) is 3.78. The highest BCUT2D eigenvalue weighted by Gasteiger charge is 2.23. The van der Waals surface area contributed by atoms with E-state index in [0.717, 1.165) is 61.4 Å². The fraction of sp³-hybridized carbons (Fsp3) is 0.393. The minimum Gasteiger partial charge on any atom is -0.366 e.